The molecule has 0 radical (unpaired) electrons. The molecular weight excluding hydrogens is 156 g/mol. The normalized spacial score (nSPS) is 15.0. The van der Waals surface area contributed by atoms with E-state index in [-0.39, 0.29) is 0 Å². The first kappa shape index (κ1) is 8.34. The lowest BCUT2D eigenvalue weighted by Gasteiger charge is -2.03. The van der Waals surface area contributed by atoms with Crippen LogP contribution in [0.1, 0.15) is 12.8 Å². The highest BCUT2D eigenvalue weighted by Crippen LogP contribution is 2.19. The van der Waals surface area contributed by atoms with Gasteiger partial charge in [0.05, 0.1) is 11.4 Å². The monoisotopic (exact) mass is 162 g/mol. The quantitative estimate of drug-likeness (QED) is 0.452. The van der Waals surface area contributed by atoms with Gasteiger partial charge in [0.15, 0.2) is 0 Å². The highest BCUT2D eigenvalue weighted by atomic mass is 16.1. The SMILES string of the molecule is O=C=NC1=C(N=C=O)CCC=C1. The molecular formula is C8H6N2O2. The van der Waals surface area contributed by atoms with Crippen LogP contribution in [0.4, 0.5) is 0 Å². The third-order valence-electron chi connectivity index (χ3n) is 1.47. The molecule has 1 aliphatic carbocycles. The minimum Gasteiger partial charge on any atom is -0.211 e. The van der Waals surface area contributed by atoms with Crippen LogP contribution in [0.5, 0.6) is 0 Å². The van der Waals surface area contributed by atoms with Gasteiger partial charge >= 0.3 is 0 Å². The summed E-state index contributed by atoms with van der Waals surface area (Å²) in [6.45, 7) is 0. The minimum absolute atomic E-state index is 0.402. The van der Waals surface area contributed by atoms with Gasteiger partial charge in [-0.05, 0) is 18.9 Å². The van der Waals surface area contributed by atoms with E-state index in [0.29, 0.717) is 17.8 Å². The molecule has 4 heteroatoms. The highest BCUT2D eigenvalue weighted by Gasteiger charge is 2.05. The van der Waals surface area contributed by atoms with E-state index in [0.717, 1.165) is 6.42 Å². The van der Waals surface area contributed by atoms with Crippen LogP contribution in [0.15, 0.2) is 33.5 Å². The number of nitrogens with zero attached hydrogens (tertiary/aromatic N) is 2. The second-order valence-corrected chi connectivity index (χ2v) is 2.18. The van der Waals surface area contributed by atoms with E-state index in [1.165, 1.54) is 12.2 Å². The Kier molecular flexibility index (Phi) is 2.91. The van der Waals surface area contributed by atoms with Crippen LogP contribution in [0.25, 0.3) is 0 Å². The third-order valence-corrected chi connectivity index (χ3v) is 1.47. The maximum atomic E-state index is 9.93. The zero-order chi connectivity index (χ0) is 8.81. The van der Waals surface area contributed by atoms with Crippen LogP contribution in [0.3, 0.4) is 0 Å². The Morgan fingerprint density at radius 1 is 1.25 bits per heavy atom. The van der Waals surface area contributed by atoms with Crippen molar-refractivity contribution in [1.29, 1.82) is 0 Å². The second-order valence-electron chi connectivity index (χ2n) is 2.18. The molecule has 0 unspecified atom stereocenters. The van der Waals surface area contributed by atoms with E-state index in [4.69, 9.17) is 0 Å². The number of isocyanates is 2. The molecule has 1 rings (SSSR count). The molecule has 0 saturated heterocycles. The van der Waals surface area contributed by atoms with Gasteiger partial charge in [-0.15, -0.1) is 0 Å². The first-order chi connectivity index (χ1) is 5.88. The van der Waals surface area contributed by atoms with Crippen molar-refractivity contribution in [1.82, 2.24) is 0 Å². The molecule has 0 aromatic carbocycles. The predicted octanol–water partition coefficient (Wildman–Crippen LogP) is 1.22. The average molecular weight is 162 g/mol. The van der Waals surface area contributed by atoms with Gasteiger partial charge in [0, 0.05) is 0 Å². The first-order valence-corrected chi connectivity index (χ1v) is 3.44. The van der Waals surface area contributed by atoms with Crippen LogP contribution in [-0.4, -0.2) is 12.2 Å². The summed E-state index contributed by atoms with van der Waals surface area (Å²) < 4.78 is 0. The van der Waals surface area contributed by atoms with Crippen molar-refractivity contribution in [3.63, 3.8) is 0 Å². The molecule has 0 atom stereocenters. The number of rotatable bonds is 2. The van der Waals surface area contributed by atoms with Crippen LogP contribution in [-0.2, 0) is 9.59 Å². The smallest absolute Gasteiger partial charge is 0.211 e. The summed E-state index contributed by atoms with van der Waals surface area (Å²) in [6.07, 6.45) is 7.75. The molecule has 0 amide bonds. The first-order valence-electron chi connectivity index (χ1n) is 3.44. The summed E-state index contributed by atoms with van der Waals surface area (Å²) >= 11 is 0. The fourth-order valence-electron chi connectivity index (χ4n) is 0.959. The van der Waals surface area contributed by atoms with Crippen LogP contribution < -0.4 is 0 Å². The molecule has 0 aromatic heterocycles. The van der Waals surface area contributed by atoms with E-state index in [1.54, 1.807) is 6.08 Å². The molecule has 0 heterocycles. The van der Waals surface area contributed by atoms with Gasteiger partial charge in [-0.25, -0.2) is 9.59 Å². The van der Waals surface area contributed by atoms with E-state index in [9.17, 15) is 9.59 Å². The minimum atomic E-state index is 0.402. The molecule has 1 aliphatic rings. The van der Waals surface area contributed by atoms with E-state index >= 15 is 0 Å². The lowest BCUT2D eigenvalue weighted by atomic mass is 10.1. The Labute approximate surface area is 69.0 Å². The zero-order valence-corrected chi connectivity index (χ0v) is 6.28. The summed E-state index contributed by atoms with van der Waals surface area (Å²) in [4.78, 5) is 26.7. The standard InChI is InChI=1S/C8H6N2O2/c11-5-9-7-3-1-2-4-8(7)10-6-12/h1,3H,2,4H2. The van der Waals surface area contributed by atoms with Crippen molar-refractivity contribution in [2.45, 2.75) is 12.8 Å². The fraction of sp³-hybridized carbons (Fsp3) is 0.250. The summed E-state index contributed by atoms with van der Waals surface area (Å²) in [6, 6.07) is 0. The Morgan fingerprint density at radius 3 is 2.67 bits per heavy atom. The summed E-state index contributed by atoms with van der Waals surface area (Å²) in [5.41, 5.74) is 0.899. The summed E-state index contributed by atoms with van der Waals surface area (Å²) in [5.74, 6) is 0. The highest BCUT2D eigenvalue weighted by molar-refractivity contribution is 5.45. The molecule has 0 fully saturated rings. The lowest BCUT2D eigenvalue weighted by Crippen LogP contribution is -1.89. The van der Waals surface area contributed by atoms with Gasteiger partial charge in [-0.1, -0.05) is 6.08 Å². The number of hydrogen-bond donors (Lipinski definition) is 0. The Balaban J connectivity index is 3.06. The summed E-state index contributed by atoms with van der Waals surface area (Å²) in [5, 5.41) is 0. The van der Waals surface area contributed by atoms with Crippen molar-refractivity contribution in [3.8, 4) is 0 Å². The topological polar surface area (TPSA) is 58.9 Å². The van der Waals surface area contributed by atoms with E-state index < -0.39 is 0 Å². The maximum absolute atomic E-state index is 9.93. The fourth-order valence-corrected chi connectivity index (χ4v) is 0.959. The molecule has 0 N–H and O–H groups in total. The third kappa shape index (κ3) is 1.86. The Morgan fingerprint density at radius 2 is 2.00 bits per heavy atom. The van der Waals surface area contributed by atoms with Gasteiger partial charge in [0.1, 0.15) is 0 Å². The van der Waals surface area contributed by atoms with Crippen LogP contribution in [0.2, 0.25) is 0 Å². The predicted molar refractivity (Wildman–Crippen MR) is 41.6 cm³/mol. The molecule has 0 saturated carbocycles. The van der Waals surface area contributed by atoms with Gasteiger partial charge in [-0.2, -0.15) is 9.98 Å². The van der Waals surface area contributed by atoms with Crippen molar-refractivity contribution in [2.24, 2.45) is 9.98 Å². The van der Waals surface area contributed by atoms with Crippen molar-refractivity contribution >= 4 is 12.2 Å². The van der Waals surface area contributed by atoms with Gasteiger partial charge in [0.2, 0.25) is 12.2 Å². The molecule has 0 aromatic rings. The number of allylic oxidation sites excluding steroid dienone is 3. The number of carbonyl (C=O) groups excluding carboxylic acids is 2. The second kappa shape index (κ2) is 4.19. The Hall–Kier alpha value is -1.76. The zero-order valence-electron chi connectivity index (χ0n) is 6.28. The van der Waals surface area contributed by atoms with Crippen molar-refractivity contribution < 1.29 is 9.59 Å². The number of hydrogen-bond acceptors (Lipinski definition) is 4. The molecule has 60 valence electrons. The molecule has 0 aliphatic heterocycles. The molecule has 0 spiro atoms. The lowest BCUT2D eigenvalue weighted by molar-refractivity contribution is 0.562. The Bertz CT molecular complexity index is 329. The van der Waals surface area contributed by atoms with E-state index in [1.807, 2.05) is 6.08 Å². The molecule has 4 nitrogen and oxygen atoms in total. The van der Waals surface area contributed by atoms with Gasteiger partial charge in [-0.3, -0.25) is 0 Å². The van der Waals surface area contributed by atoms with Crippen LogP contribution in [0, 0.1) is 0 Å². The summed E-state index contributed by atoms with van der Waals surface area (Å²) in [7, 11) is 0. The molecule has 12 heavy (non-hydrogen) atoms. The average Bonchev–Trinajstić information content (AvgIpc) is 2.09. The van der Waals surface area contributed by atoms with E-state index in [2.05, 4.69) is 9.98 Å². The van der Waals surface area contributed by atoms with Gasteiger partial charge in [0.25, 0.3) is 0 Å². The number of aliphatic imine (C=N–C) groups is 2. The largest absolute Gasteiger partial charge is 0.240 e. The van der Waals surface area contributed by atoms with Gasteiger partial charge < -0.3 is 0 Å². The van der Waals surface area contributed by atoms with Crippen molar-refractivity contribution in [2.75, 3.05) is 0 Å². The molecule has 0 bridgehead atoms. The van der Waals surface area contributed by atoms with Crippen LogP contribution >= 0.6 is 0 Å². The maximum Gasteiger partial charge on any atom is 0.240 e. The van der Waals surface area contributed by atoms with Crippen molar-refractivity contribution in [3.05, 3.63) is 23.5 Å².